The first-order valence-corrected chi connectivity index (χ1v) is 7.07. The highest BCUT2D eigenvalue weighted by molar-refractivity contribution is 5.89. The lowest BCUT2D eigenvalue weighted by Gasteiger charge is -2.34. The van der Waals surface area contributed by atoms with E-state index in [0.29, 0.717) is 12.6 Å². The highest BCUT2D eigenvalue weighted by Gasteiger charge is 2.23. The van der Waals surface area contributed by atoms with Crippen molar-refractivity contribution < 1.29 is 4.74 Å². The van der Waals surface area contributed by atoms with Crippen LogP contribution in [0.2, 0.25) is 0 Å². The topological polar surface area (TPSA) is 50.8 Å². The molecule has 4 nitrogen and oxygen atoms in total. The van der Waals surface area contributed by atoms with Crippen molar-refractivity contribution in [1.82, 2.24) is 4.90 Å². The summed E-state index contributed by atoms with van der Waals surface area (Å²) in [6, 6.07) is 6.23. The van der Waals surface area contributed by atoms with Crippen LogP contribution in [0, 0.1) is 0 Å². The summed E-state index contributed by atoms with van der Waals surface area (Å²) in [6.07, 6.45) is 6.55. The van der Waals surface area contributed by atoms with Crippen molar-refractivity contribution in [2.75, 3.05) is 19.4 Å². The van der Waals surface area contributed by atoms with Crippen LogP contribution in [-0.2, 0) is 0 Å². The van der Waals surface area contributed by atoms with Crippen molar-refractivity contribution in [2.24, 2.45) is 4.99 Å². The molecule has 0 atom stereocenters. The first-order chi connectivity index (χ1) is 9.24. The number of nitrogens with zero attached hydrogens (tertiary/aromatic N) is 2. The Morgan fingerprint density at radius 2 is 2.05 bits per heavy atom. The molecule has 0 amide bonds. The van der Waals surface area contributed by atoms with Gasteiger partial charge in [-0.1, -0.05) is 19.3 Å². The van der Waals surface area contributed by atoms with Gasteiger partial charge in [0.15, 0.2) is 0 Å². The third-order valence-corrected chi connectivity index (χ3v) is 4.12. The van der Waals surface area contributed by atoms with Crippen molar-refractivity contribution in [2.45, 2.75) is 38.1 Å². The number of rotatable bonds is 1. The molecule has 1 fully saturated rings. The molecule has 0 unspecified atom stereocenters. The van der Waals surface area contributed by atoms with Crippen LogP contribution in [0.15, 0.2) is 23.2 Å². The molecule has 0 spiro atoms. The maximum absolute atomic E-state index is 5.81. The number of hydrogen-bond donors (Lipinski definition) is 1. The average Bonchev–Trinajstić information content (AvgIpc) is 2.46. The predicted octanol–water partition coefficient (Wildman–Crippen LogP) is 2.96. The molecule has 4 heteroatoms. The Morgan fingerprint density at radius 1 is 1.26 bits per heavy atom. The van der Waals surface area contributed by atoms with Crippen LogP contribution >= 0.6 is 0 Å². The van der Waals surface area contributed by atoms with E-state index in [-0.39, 0.29) is 0 Å². The van der Waals surface area contributed by atoms with E-state index < -0.39 is 0 Å². The van der Waals surface area contributed by atoms with Gasteiger partial charge in [-0.2, -0.15) is 0 Å². The number of fused-ring (bicyclic) bond motifs is 1. The maximum atomic E-state index is 5.81. The first kappa shape index (κ1) is 12.3. The summed E-state index contributed by atoms with van der Waals surface area (Å²) in [5.74, 6) is 1.85. The first-order valence-electron chi connectivity index (χ1n) is 7.07. The molecule has 1 aliphatic carbocycles. The number of likely N-dealkylation sites (N-methyl/N-ethyl adjacent to an activating group) is 1. The molecule has 0 aromatic heterocycles. The van der Waals surface area contributed by atoms with Gasteiger partial charge in [-0.25, -0.2) is 4.99 Å². The second kappa shape index (κ2) is 5.11. The van der Waals surface area contributed by atoms with Crippen LogP contribution < -0.4 is 10.5 Å². The Balaban J connectivity index is 1.81. The lowest BCUT2D eigenvalue weighted by Crippen LogP contribution is -2.41. The third kappa shape index (κ3) is 2.53. The van der Waals surface area contributed by atoms with Crippen LogP contribution in [0.1, 0.15) is 32.1 Å². The Bertz CT molecular complexity index is 492. The summed E-state index contributed by atoms with van der Waals surface area (Å²) in [5, 5.41) is 0. The largest absolute Gasteiger partial charge is 0.483 e. The van der Waals surface area contributed by atoms with Crippen LogP contribution in [-0.4, -0.2) is 30.4 Å². The quantitative estimate of drug-likeness (QED) is 0.789. The molecule has 1 aromatic carbocycles. The minimum Gasteiger partial charge on any atom is -0.483 e. The normalized spacial score (nSPS) is 19.3. The molecule has 19 heavy (non-hydrogen) atoms. The maximum Gasteiger partial charge on any atom is 0.146 e. The summed E-state index contributed by atoms with van der Waals surface area (Å²) >= 11 is 0. The number of benzene rings is 1. The molecule has 0 bridgehead atoms. The SMILES string of the molecule is CN(C1=Nc2cc(N)ccc2OC1)C1CCCCC1. The predicted molar refractivity (Wildman–Crippen MR) is 78.1 cm³/mol. The van der Waals surface area contributed by atoms with E-state index in [9.17, 15) is 0 Å². The van der Waals surface area contributed by atoms with E-state index >= 15 is 0 Å². The lowest BCUT2D eigenvalue weighted by molar-refractivity contribution is 0.257. The monoisotopic (exact) mass is 259 g/mol. The van der Waals surface area contributed by atoms with Gasteiger partial charge in [0.1, 0.15) is 23.9 Å². The molecule has 1 aliphatic heterocycles. The van der Waals surface area contributed by atoms with Gasteiger partial charge in [-0.05, 0) is 31.0 Å². The van der Waals surface area contributed by atoms with E-state index in [0.717, 1.165) is 23.0 Å². The highest BCUT2D eigenvalue weighted by Crippen LogP contribution is 2.33. The number of aliphatic imine (C=N–C) groups is 1. The standard InChI is InChI=1S/C15H21N3O/c1-18(12-5-3-2-4-6-12)15-10-19-14-8-7-11(16)9-13(14)17-15/h7-9,12H,2-6,10,16H2,1H3. The van der Waals surface area contributed by atoms with Gasteiger partial charge >= 0.3 is 0 Å². The number of ether oxygens (including phenoxy) is 1. The van der Waals surface area contributed by atoms with Gasteiger partial charge in [0.25, 0.3) is 0 Å². The third-order valence-electron chi connectivity index (χ3n) is 4.12. The number of nitrogens with two attached hydrogens (primary N) is 1. The smallest absolute Gasteiger partial charge is 0.146 e. The summed E-state index contributed by atoms with van der Waals surface area (Å²) in [5.41, 5.74) is 7.39. The molecular formula is C15H21N3O. The Hall–Kier alpha value is -1.71. The van der Waals surface area contributed by atoms with Gasteiger partial charge in [0, 0.05) is 18.8 Å². The van der Waals surface area contributed by atoms with Gasteiger partial charge in [0.05, 0.1) is 0 Å². The molecule has 102 valence electrons. The van der Waals surface area contributed by atoms with Crippen LogP contribution in [0.3, 0.4) is 0 Å². The van der Waals surface area contributed by atoms with Gasteiger partial charge in [-0.15, -0.1) is 0 Å². The summed E-state index contributed by atoms with van der Waals surface area (Å²) in [4.78, 5) is 7.02. The van der Waals surface area contributed by atoms with E-state index in [2.05, 4.69) is 11.9 Å². The number of anilines is 1. The Kier molecular flexibility index (Phi) is 3.32. The van der Waals surface area contributed by atoms with Crippen molar-refractivity contribution >= 4 is 17.2 Å². The fourth-order valence-electron chi connectivity index (χ4n) is 2.92. The molecule has 1 heterocycles. The zero-order valence-electron chi connectivity index (χ0n) is 11.4. The van der Waals surface area contributed by atoms with Crippen LogP contribution in [0.25, 0.3) is 0 Å². The van der Waals surface area contributed by atoms with Gasteiger partial charge in [0.2, 0.25) is 0 Å². The number of nitrogen functional groups attached to an aromatic ring is 1. The summed E-state index contributed by atoms with van der Waals surface area (Å²) in [6.45, 7) is 0.559. The fraction of sp³-hybridized carbons (Fsp3) is 0.533. The molecule has 2 N–H and O–H groups in total. The van der Waals surface area contributed by atoms with Crippen LogP contribution in [0.5, 0.6) is 5.75 Å². The highest BCUT2D eigenvalue weighted by atomic mass is 16.5. The van der Waals surface area contributed by atoms with E-state index in [1.165, 1.54) is 32.1 Å². The van der Waals surface area contributed by atoms with Crippen molar-refractivity contribution in [1.29, 1.82) is 0 Å². The molecular weight excluding hydrogens is 238 g/mol. The molecule has 0 saturated heterocycles. The van der Waals surface area contributed by atoms with E-state index in [1.54, 1.807) is 0 Å². The zero-order chi connectivity index (χ0) is 13.2. The minimum atomic E-state index is 0.559. The number of amidine groups is 1. The van der Waals surface area contributed by atoms with Gasteiger partial charge < -0.3 is 15.4 Å². The molecule has 0 radical (unpaired) electrons. The molecule has 2 aliphatic rings. The average molecular weight is 259 g/mol. The molecule has 1 aromatic rings. The molecule has 1 saturated carbocycles. The second-order valence-corrected chi connectivity index (χ2v) is 5.45. The molecule has 3 rings (SSSR count). The second-order valence-electron chi connectivity index (χ2n) is 5.45. The van der Waals surface area contributed by atoms with E-state index in [4.69, 9.17) is 15.5 Å². The van der Waals surface area contributed by atoms with Gasteiger partial charge in [-0.3, -0.25) is 0 Å². The summed E-state index contributed by atoms with van der Waals surface area (Å²) < 4.78 is 5.78. The minimum absolute atomic E-state index is 0.559. The lowest BCUT2D eigenvalue weighted by atomic mass is 9.94. The van der Waals surface area contributed by atoms with Crippen molar-refractivity contribution in [3.05, 3.63) is 18.2 Å². The van der Waals surface area contributed by atoms with Crippen LogP contribution in [0.4, 0.5) is 11.4 Å². The van der Waals surface area contributed by atoms with Crippen molar-refractivity contribution in [3.63, 3.8) is 0 Å². The van der Waals surface area contributed by atoms with E-state index in [1.807, 2.05) is 18.2 Å². The fourth-order valence-corrected chi connectivity index (χ4v) is 2.92. The van der Waals surface area contributed by atoms with Crippen molar-refractivity contribution in [3.8, 4) is 5.75 Å². The summed E-state index contributed by atoms with van der Waals surface area (Å²) in [7, 11) is 2.13. The number of hydrogen-bond acceptors (Lipinski definition) is 4. The Labute approximate surface area is 114 Å². The Morgan fingerprint density at radius 3 is 2.84 bits per heavy atom. The zero-order valence-corrected chi connectivity index (χ0v) is 11.4.